The molecule has 0 saturated carbocycles. The molecule has 0 unspecified atom stereocenters. The van der Waals surface area contributed by atoms with Gasteiger partial charge in [-0.15, -0.1) is 10.2 Å². The second-order valence-electron chi connectivity index (χ2n) is 3.17. The van der Waals surface area contributed by atoms with Gasteiger partial charge in [-0.2, -0.15) is 5.10 Å². The van der Waals surface area contributed by atoms with E-state index in [-0.39, 0.29) is 5.56 Å². The largest absolute Gasteiger partial charge is 0.298 e. The fourth-order valence-corrected chi connectivity index (χ4v) is 1.78. The van der Waals surface area contributed by atoms with Gasteiger partial charge in [0.05, 0.1) is 12.7 Å². The van der Waals surface area contributed by atoms with Crippen molar-refractivity contribution in [3.8, 4) is 0 Å². The molecule has 0 atom stereocenters. The minimum Gasteiger partial charge on any atom is -0.298 e. The van der Waals surface area contributed by atoms with Crippen molar-refractivity contribution in [2.24, 2.45) is 5.84 Å². The van der Waals surface area contributed by atoms with Crippen molar-refractivity contribution in [1.29, 1.82) is 0 Å². The van der Waals surface area contributed by atoms with Crippen LogP contribution in [0.4, 0.5) is 5.13 Å². The van der Waals surface area contributed by atoms with Gasteiger partial charge < -0.3 is 0 Å². The zero-order valence-electron chi connectivity index (χ0n) is 8.54. The van der Waals surface area contributed by atoms with Crippen LogP contribution in [-0.4, -0.2) is 20.0 Å². The highest BCUT2D eigenvalue weighted by atomic mass is 32.1. The molecular formula is C8H10N6OS. The lowest BCUT2D eigenvalue weighted by atomic mass is 10.3. The molecule has 0 fully saturated rings. The summed E-state index contributed by atoms with van der Waals surface area (Å²) in [5, 5.41) is 12.8. The topological polar surface area (TPSA) is 98.7 Å². The molecule has 0 aliphatic heterocycles. The van der Waals surface area contributed by atoms with E-state index in [1.165, 1.54) is 22.1 Å². The second kappa shape index (κ2) is 4.37. The number of hydrogen-bond acceptors (Lipinski definition) is 7. The summed E-state index contributed by atoms with van der Waals surface area (Å²) in [7, 11) is 0. The van der Waals surface area contributed by atoms with E-state index in [1.54, 1.807) is 6.20 Å². The van der Waals surface area contributed by atoms with Crippen LogP contribution in [0.2, 0.25) is 0 Å². The van der Waals surface area contributed by atoms with Gasteiger partial charge in [0.25, 0.3) is 5.56 Å². The van der Waals surface area contributed by atoms with E-state index in [0.29, 0.717) is 16.7 Å². The standard InChI is InChI=1S/C8H10N6OS/c1-5-2-7(15)14(10-3-5)4-6-12-13-8(11-9)16-6/h2-3H,4,9H2,1H3,(H,11,13). The highest BCUT2D eigenvalue weighted by molar-refractivity contribution is 7.15. The van der Waals surface area contributed by atoms with E-state index in [4.69, 9.17) is 5.84 Å². The van der Waals surface area contributed by atoms with Gasteiger partial charge in [0.15, 0.2) is 0 Å². The van der Waals surface area contributed by atoms with Crippen molar-refractivity contribution in [1.82, 2.24) is 20.0 Å². The number of hydrazine groups is 1. The summed E-state index contributed by atoms with van der Waals surface area (Å²) >= 11 is 1.28. The van der Waals surface area contributed by atoms with Gasteiger partial charge >= 0.3 is 0 Å². The molecule has 0 amide bonds. The van der Waals surface area contributed by atoms with E-state index in [0.717, 1.165) is 5.56 Å². The van der Waals surface area contributed by atoms with Crippen LogP contribution < -0.4 is 16.8 Å². The predicted octanol–water partition coefficient (Wildman–Crippen LogP) is -0.263. The van der Waals surface area contributed by atoms with E-state index in [9.17, 15) is 4.79 Å². The monoisotopic (exact) mass is 238 g/mol. The van der Waals surface area contributed by atoms with Crippen LogP contribution in [-0.2, 0) is 6.54 Å². The lowest BCUT2D eigenvalue weighted by Crippen LogP contribution is -2.22. The molecule has 8 heteroatoms. The SMILES string of the molecule is Cc1cnn(Cc2nnc(NN)s2)c(=O)c1. The van der Waals surface area contributed by atoms with Crippen LogP contribution in [0.1, 0.15) is 10.6 Å². The molecule has 0 aliphatic carbocycles. The molecule has 0 spiro atoms. The minimum atomic E-state index is -0.155. The average Bonchev–Trinajstić information content (AvgIpc) is 2.70. The van der Waals surface area contributed by atoms with Gasteiger partial charge in [0, 0.05) is 6.07 Å². The number of nitrogens with zero attached hydrogens (tertiary/aromatic N) is 4. The van der Waals surface area contributed by atoms with Crippen molar-refractivity contribution < 1.29 is 0 Å². The van der Waals surface area contributed by atoms with Gasteiger partial charge in [0.1, 0.15) is 5.01 Å². The zero-order valence-corrected chi connectivity index (χ0v) is 9.36. The molecule has 16 heavy (non-hydrogen) atoms. The number of nitrogens with two attached hydrogens (primary N) is 1. The van der Waals surface area contributed by atoms with Crippen LogP contribution in [0.15, 0.2) is 17.1 Å². The van der Waals surface area contributed by atoms with E-state index in [1.807, 2.05) is 6.92 Å². The Labute approximate surface area is 94.9 Å². The summed E-state index contributed by atoms with van der Waals surface area (Å²) in [4.78, 5) is 11.5. The number of hydrogen-bond donors (Lipinski definition) is 2. The van der Waals surface area contributed by atoms with Crippen LogP contribution in [0, 0.1) is 6.92 Å². The first-order chi connectivity index (χ1) is 7.69. The normalized spacial score (nSPS) is 10.4. The van der Waals surface area contributed by atoms with Crippen molar-refractivity contribution in [3.05, 3.63) is 33.2 Å². The first kappa shape index (κ1) is 10.7. The van der Waals surface area contributed by atoms with Crippen molar-refractivity contribution >= 4 is 16.5 Å². The summed E-state index contributed by atoms with van der Waals surface area (Å²) in [5.41, 5.74) is 3.07. The molecule has 84 valence electrons. The lowest BCUT2D eigenvalue weighted by Gasteiger charge is -2.00. The van der Waals surface area contributed by atoms with Crippen molar-refractivity contribution in [2.45, 2.75) is 13.5 Å². The first-order valence-electron chi connectivity index (χ1n) is 4.52. The Morgan fingerprint density at radius 3 is 3.00 bits per heavy atom. The average molecular weight is 238 g/mol. The lowest BCUT2D eigenvalue weighted by molar-refractivity contribution is 0.629. The maximum Gasteiger partial charge on any atom is 0.267 e. The smallest absolute Gasteiger partial charge is 0.267 e. The summed E-state index contributed by atoms with van der Waals surface area (Å²) in [5.74, 6) is 5.18. The second-order valence-corrected chi connectivity index (χ2v) is 4.24. The van der Waals surface area contributed by atoms with Gasteiger partial charge in [-0.05, 0) is 12.5 Å². The molecule has 2 aromatic heterocycles. The summed E-state index contributed by atoms with van der Waals surface area (Å²) in [6, 6.07) is 1.52. The Hall–Kier alpha value is -1.80. The number of anilines is 1. The molecule has 7 nitrogen and oxygen atoms in total. The minimum absolute atomic E-state index is 0.155. The number of nitrogens with one attached hydrogen (secondary N) is 1. The Morgan fingerprint density at radius 1 is 1.56 bits per heavy atom. The van der Waals surface area contributed by atoms with Crippen LogP contribution >= 0.6 is 11.3 Å². The third kappa shape index (κ3) is 2.23. The summed E-state index contributed by atoms with van der Waals surface area (Å²) < 4.78 is 1.33. The Balaban J connectivity index is 2.23. The third-order valence-electron chi connectivity index (χ3n) is 1.88. The molecule has 0 aliphatic rings. The zero-order chi connectivity index (χ0) is 11.5. The molecule has 2 rings (SSSR count). The molecule has 3 N–H and O–H groups in total. The fraction of sp³-hybridized carbons (Fsp3) is 0.250. The number of aryl methyl sites for hydroxylation is 1. The van der Waals surface area contributed by atoms with Gasteiger partial charge in [-0.25, -0.2) is 10.5 Å². The van der Waals surface area contributed by atoms with Gasteiger partial charge in [-0.3, -0.25) is 10.2 Å². The molecule has 2 aromatic rings. The Bertz CT molecular complexity index is 547. The van der Waals surface area contributed by atoms with Crippen LogP contribution in [0.5, 0.6) is 0 Å². The first-order valence-corrected chi connectivity index (χ1v) is 5.33. The van der Waals surface area contributed by atoms with E-state index in [2.05, 4.69) is 20.7 Å². The van der Waals surface area contributed by atoms with Crippen LogP contribution in [0.25, 0.3) is 0 Å². The van der Waals surface area contributed by atoms with E-state index >= 15 is 0 Å². The molecule has 0 aromatic carbocycles. The molecule has 0 radical (unpaired) electrons. The number of rotatable bonds is 3. The van der Waals surface area contributed by atoms with E-state index < -0.39 is 0 Å². The third-order valence-corrected chi connectivity index (χ3v) is 2.72. The number of aromatic nitrogens is 4. The van der Waals surface area contributed by atoms with Crippen LogP contribution in [0.3, 0.4) is 0 Å². The fourth-order valence-electron chi connectivity index (χ4n) is 1.15. The molecule has 0 saturated heterocycles. The maximum absolute atomic E-state index is 11.5. The van der Waals surface area contributed by atoms with Crippen molar-refractivity contribution in [2.75, 3.05) is 5.43 Å². The quantitative estimate of drug-likeness (QED) is 0.564. The van der Waals surface area contributed by atoms with Crippen molar-refractivity contribution in [3.63, 3.8) is 0 Å². The predicted molar refractivity (Wildman–Crippen MR) is 60.1 cm³/mol. The highest BCUT2D eigenvalue weighted by Gasteiger charge is 2.05. The molecular weight excluding hydrogens is 228 g/mol. The maximum atomic E-state index is 11.5. The van der Waals surface area contributed by atoms with Gasteiger partial charge in [-0.1, -0.05) is 11.3 Å². The Morgan fingerprint density at radius 2 is 2.38 bits per heavy atom. The highest BCUT2D eigenvalue weighted by Crippen LogP contribution is 2.13. The summed E-state index contributed by atoms with van der Waals surface area (Å²) in [6.45, 7) is 2.12. The molecule has 2 heterocycles. The van der Waals surface area contributed by atoms with Gasteiger partial charge in [0.2, 0.25) is 5.13 Å². The summed E-state index contributed by atoms with van der Waals surface area (Å²) in [6.07, 6.45) is 1.63. The number of nitrogen functional groups attached to an aromatic ring is 1. The molecule has 0 bridgehead atoms. The Kier molecular flexibility index (Phi) is 2.93.